The first-order valence-electron chi connectivity index (χ1n) is 10.1. The van der Waals surface area contributed by atoms with Gasteiger partial charge in [-0.05, 0) is 31.5 Å². The predicted octanol–water partition coefficient (Wildman–Crippen LogP) is 3.36. The molecule has 3 aromatic heterocycles. The van der Waals surface area contributed by atoms with Gasteiger partial charge in [-0.15, -0.1) is 0 Å². The van der Waals surface area contributed by atoms with Gasteiger partial charge in [0, 0.05) is 49.5 Å². The number of likely N-dealkylation sites (tertiary alicyclic amines) is 1. The average molecular weight is 398 g/mol. The van der Waals surface area contributed by atoms with Gasteiger partial charge in [-0.3, -0.25) is 4.79 Å². The number of para-hydroxylation sites is 1. The molecular weight excluding hydrogens is 376 g/mol. The van der Waals surface area contributed by atoms with Gasteiger partial charge in [0.1, 0.15) is 17.2 Å². The van der Waals surface area contributed by atoms with Gasteiger partial charge in [-0.2, -0.15) is 0 Å². The maximum Gasteiger partial charge on any atom is 0.272 e. The molecule has 1 saturated heterocycles. The van der Waals surface area contributed by atoms with E-state index in [2.05, 4.69) is 15.0 Å². The van der Waals surface area contributed by atoms with E-state index in [1.807, 2.05) is 66.0 Å². The molecule has 0 spiro atoms. The Morgan fingerprint density at radius 1 is 1.10 bits per heavy atom. The summed E-state index contributed by atoms with van der Waals surface area (Å²) in [6, 6.07) is 13.5. The Bertz CT molecular complexity index is 1250. The topological polar surface area (TPSA) is 76.8 Å². The third-order valence-corrected chi connectivity index (χ3v) is 5.58. The molecule has 1 amide bonds. The van der Waals surface area contributed by atoms with Gasteiger partial charge >= 0.3 is 0 Å². The number of imidazole rings is 1. The van der Waals surface area contributed by atoms with Crippen LogP contribution in [0.25, 0.3) is 22.4 Å². The highest BCUT2D eigenvalue weighted by molar-refractivity contribution is 5.95. The van der Waals surface area contributed by atoms with Gasteiger partial charge in [0.05, 0.1) is 5.52 Å². The lowest BCUT2D eigenvalue weighted by Gasteiger charge is -2.16. The third-order valence-electron chi connectivity index (χ3n) is 5.58. The monoisotopic (exact) mass is 398 g/mol. The van der Waals surface area contributed by atoms with Crippen LogP contribution in [0.15, 0.2) is 54.9 Å². The fourth-order valence-corrected chi connectivity index (χ4v) is 4.00. The van der Waals surface area contributed by atoms with Crippen molar-refractivity contribution in [3.05, 3.63) is 72.1 Å². The number of benzene rings is 1. The van der Waals surface area contributed by atoms with Gasteiger partial charge in [-0.1, -0.05) is 24.3 Å². The van der Waals surface area contributed by atoms with Crippen LogP contribution in [-0.2, 0) is 7.05 Å². The van der Waals surface area contributed by atoms with Crippen LogP contribution in [0.3, 0.4) is 0 Å². The van der Waals surface area contributed by atoms with Crippen molar-refractivity contribution in [1.82, 2.24) is 29.4 Å². The summed E-state index contributed by atoms with van der Waals surface area (Å²) >= 11 is 0. The van der Waals surface area contributed by atoms with Crippen molar-refractivity contribution in [1.29, 1.82) is 0 Å². The summed E-state index contributed by atoms with van der Waals surface area (Å²) in [5.41, 5.74) is 3.03. The number of carbonyl (C=O) groups excluding carboxylic acids is 1. The zero-order chi connectivity index (χ0) is 20.7. The fraction of sp³-hybridized carbons (Fsp3) is 0.261. The van der Waals surface area contributed by atoms with Crippen LogP contribution in [0.1, 0.15) is 34.3 Å². The normalized spacial score (nSPS) is 16.3. The van der Waals surface area contributed by atoms with E-state index in [1.165, 1.54) is 0 Å². The molecule has 1 unspecified atom stereocenters. The van der Waals surface area contributed by atoms with E-state index in [0.29, 0.717) is 18.8 Å². The second-order valence-corrected chi connectivity index (χ2v) is 7.74. The molecule has 7 nitrogen and oxygen atoms in total. The first-order valence-corrected chi connectivity index (χ1v) is 10.1. The predicted molar refractivity (Wildman–Crippen MR) is 114 cm³/mol. The Hall–Kier alpha value is -3.61. The molecular formula is C23H22N6O. The number of hydrogen-bond donors (Lipinski definition) is 0. The molecule has 150 valence electrons. The Morgan fingerprint density at radius 3 is 2.80 bits per heavy atom. The lowest BCUT2D eigenvalue weighted by Crippen LogP contribution is -2.29. The van der Waals surface area contributed by atoms with Crippen LogP contribution in [0, 0.1) is 6.92 Å². The molecule has 0 radical (unpaired) electrons. The Balaban J connectivity index is 1.38. The van der Waals surface area contributed by atoms with E-state index < -0.39 is 0 Å². The van der Waals surface area contributed by atoms with Crippen LogP contribution >= 0.6 is 0 Å². The SMILES string of the molecule is Cc1cc(-c2nccn2C)nc(C2CCN(C(=O)c3ccc4ccccc4n3)C2)n1. The maximum atomic E-state index is 13.0. The largest absolute Gasteiger partial charge is 0.337 e. The maximum absolute atomic E-state index is 13.0. The van der Waals surface area contributed by atoms with E-state index in [4.69, 9.17) is 4.98 Å². The van der Waals surface area contributed by atoms with Gasteiger partial charge in [0.2, 0.25) is 0 Å². The Labute approximate surface area is 174 Å². The molecule has 30 heavy (non-hydrogen) atoms. The molecule has 1 atom stereocenters. The van der Waals surface area contributed by atoms with Crippen LogP contribution in [0.4, 0.5) is 0 Å². The number of carbonyl (C=O) groups is 1. The van der Waals surface area contributed by atoms with Crippen molar-refractivity contribution in [3.8, 4) is 11.5 Å². The Morgan fingerprint density at radius 2 is 1.97 bits per heavy atom. The minimum atomic E-state index is -0.0415. The molecule has 4 heterocycles. The van der Waals surface area contributed by atoms with Gasteiger partial charge in [0.25, 0.3) is 5.91 Å². The first-order chi connectivity index (χ1) is 14.6. The number of pyridine rings is 1. The van der Waals surface area contributed by atoms with E-state index in [0.717, 1.165) is 40.4 Å². The molecule has 5 rings (SSSR count). The molecule has 0 aliphatic carbocycles. The summed E-state index contributed by atoms with van der Waals surface area (Å²) in [6.07, 6.45) is 4.50. The molecule has 0 bridgehead atoms. The van der Waals surface area contributed by atoms with E-state index in [9.17, 15) is 4.79 Å². The van der Waals surface area contributed by atoms with Crippen molar-refractivity contribution in [3.63, 3.8) is 0 Å². The Kier molecular flexibility index (Phi) is 4.50. The van der Waals surface area contributed by atoms with E-state index >= 15 is 0 Å². The summed E-state index contributed by atoms with van der Waals surface area (Å²) in [5.74, 6) is 1.65. The summed E-state index contributed by atoms with van der Waals surface area (Å²) in [7, 11) is 1.95. The quantitative estimate of drug-likeness (QED) is 0.529. The lowest BCUT2D eigenvalue weighted by molar-refractivity contribution is 0.0785. The minimum absolute atomic E-state index is 0.0415. The van der Waals surface area contributed by atoms with Gasteiger partial charge < -0.3 is 9.47 Å². The average Bonchev–Trinajstić information content (AvgIpc) is 3.42. The van der Waals surface area contributed by atoms with E-state index in [1.54, 1.807) is 12.3 Å². The summed E-state index contributed by atoms with van der Waals surface area (Å²) in [6.45, 7) is 3.23. The lowest BCUT2D eigenvalue weighted by atomic mass is 10.1. The van der Waals surface area contributed by atoms with Crippen molar-refractivity contribution in [2.45, 2.75) is 19.3 Å². The van der Waals surface area contributed by atoms with Crippen LogP contribution in [-0.4, -0.2) is 48.4 Å². The molecule has 1 aliphatic rings. The summed E-state index contributed by atoms with van der Waals surface area (Å²) in [4.78, 5) is 33.3. The smallest absolute Gasteiger partial charge is 0.272 e. The van der Waals surface area contributed by atoms with Gasteiger partial charge in [0.15, 0.2) is 5.82 Å². The second-order valence-electron chi connectivity index (χ2n) is 7.74. The van der Waals surface area contributed by atoms with Crippen LogP contribution in [0.2, 0.25) is 0 Å². The molecule has 1 aromatic carbocycles. The molecule has 0 N–H and O–H groups in total. The highest BCUT2D eigenvalue weighted by Crippen LogP contribution is 2.28. The van der Waals surface area contributed by atoms with Crippen molar-refractivity contribution in [2.75, 3.05) is 13.1 Å². The van der Waals surface area contributed by atoms with Crippen molar-refractivity contribution < 1.29 is 4.79 Å². The molecule has 7 heteroatoms. The molecule has 4 aromatic rings. The first kappa shape index (κ1) is 18.4. The summed E-state index contributed by atoms with van der Waals surface area (Å²) < 4.78 is 1.95. The fourth-order valence-electron chi connectivity index (χ4n) is 4.00. The number of nitrogens with zero attached hydrogens (tertiary/aromatic N) is 6. The standard InChI is InChI=1S/C23H22N6O/c1-15-13-20(22-24-10-12-28(22)2)27-21(25-15)17-9-11-29(14-17)23(30)19-8-7-16-5-3-4-6-18(16)26-19/h3-8,10,12-13,17H,9,11,14H2,1-2H3. The zero-order valence-electron chi connectivity index (χ0n) is 17.0. The third kappa shape index (κ3) is 3.32. The van der Waals surface area contributed by atoms with Crippen molar-refractivity contribution in [2.24, 2.45) is 7.05 Å². The number of amides is 1. The number of aromatic nitrogens is 5. The highest BCUT2D eigenvalue weighted by atomic mass is 16.2. The van der Waals surface area contributed by atoms with Crippen LogP contribution < -0.4 is 0 Å². The summed E-state index contributed by atoms with van der Waals surface area (Å²) in [5, 5.41) is 1.03. The molecule has 1 aliphatic heterocycles. The second kappa shape index (κ2) is 7.33. The number of rotatable bonds is 3. The zero-order valence-corrected chi connectivity index (χ0v) is 17.0. The van der Waals surface area contributed by atoms with E-state index in [-0.39, 0.29) is 11.8 Å². The number of aryl methyl sites for hydroxylation is 2. The van der Waals surface area contributed by atoms with Gasteiger partial charge in [-0.25, -0.2) is 19.9 Å². The molecule has 1 fully saturated rings. The van der Waals surface area contributed by atoms with Crippen molar-refractivity contribution >= 4 is 16.8 Å². The molecule has 0 saturated carbocycles. The van der Waals surface area contributed by atoms with Crippen LogP contribution in [0.5, 0.6) is 0 Å². The number of fused-ring (bicyclic) bond motifs is 1. The highest BCUT2D eigenvalue weighted by Gasteiger charge is 2.31. The minimum Gasteiger partial charge on any atom is -0.337 e. The number of hydrogen-bond acceptors (Lipinski definition) is 5.